The molecule has 0 bridgehead atoms. The van der Waals surface area contributed by atoms with Gasteiger partial charge in [0.15, 0.2) is 0 Å². The van der Waals surface area contributed by atoms with E-state index < -0.39 is 0 Å². The Labute approximate surface area is 75.9 Å². The number of thiophene rings is 1. The topological polar surface area (TPSA) is 49.9 Å². The minimum Gasteiger partial charge on any atom is -0.383 e. The second-order valence-corrected chi connectivity index (χ2v) is 4.32. The number of fused-ring (bicyclic) bond motifs is 1. The van der Waals surface area contributed by atoms with Crippen LogP contribution < -0.4 is 5.73 Å². The van der Waals surface area contributed by atoms with Crippen molar-refractivity contribution in [1.29, 1.82) is 5.41 Å². The number of nitrogen functional groups attached to an aromatic ring is 1. The van der Waals surface area contributed by atoms with Crippen molar-refractivity contribution in [2.75, 3.05) is 0 Å². The Morgan fingerprint density at radius 1 is 1.42 bits per heavy atom. The van der Waals surface area contributed by atoms with Gasteiger partial charge < -0.3 is 5.73 Å². The third-order valence-electron chi connectivity index (χ3n) is 2.26. The number of rotatable bonds is 1. The van der Waals surface area contributed by atoms with Crippen molar-refractivity contribution < 1.29 is 0 Å². The summed E-state index contributed by atoms with van der Waals surface area (Å²) < 4.78 is 0. The molecule has 64 valence electrons. The first kappa shape index (κ1) is 7.80. The van der Waals surface area contributed by atoms with E-state index in [1.165, 1.54) is 36.1 Å². The summed E-state index contributed by atoms with van der Waals surface area (Å²) in [5.41, 5.74) is 6.85. The molecule has 0 aliphatic heterocycles. The minimum atomic E-state index is 0.217. The third kappa shape index (κ3) is 1.25. The van der Waals surface area contributed by atoms with Gasteiger partial charge in [-0.15, -0.1) is 11.3 Å². The van der Waals surface area contributed by atoms with E-state index in [1.54, 1.807) is 11.3 Å². The van der Waals surface area contributed by atoms with Crippen molar-refractivity contribution in [1.82, 2.24) is 0 Å². The zero-order chi connectivity index (χ0) is 8.55. The van der Waals surface area contributed by atoms with Crippen molar-refractivity contribution >= 4 is 17.2 Å². The number of nitrogens with two attached hydrogens (primary N) is 1. The van der Waals surface area contributed by atoms with Gasteiger partial charge in [-0.3, -0.25) is 5.41 Å². The van der Waals surface area contributed by atoms with Crippen LogP contribution in [0.5, 0.6) is 0 Å². The van der Waals surface area contributed by atoms with E-state index >= 15 is 0 Å². The lowest BCUT2D eigenvalue weighted by Crippen LogP contribution is -2.08. The lowest BCUT2D eigenvalue weighted by atomic mass is 9.99. The molecule has 2 nitrogen and oxygen atoms in total. The molecule has 0 radical (unpaired) electrons. The standard InChI is InChI=1S/C9H12N2S/c10-9(11)8-5-6-3-1-2-4-7(6)12-8/h5H,1-4H2,(H3,10,11). The van der Waals surface area contributed by atoms with E-state index in [2.05, 4.69) is 6.07 Å². The van der Waals surface area contributed by atoms with Crippen LogP contribution in [0.15, 0.2) is 6.07 Å². The van der Waals surface area contributed by atoms with Crippen molar-refractivity contribution in [2.45, 2.75) is 25.7 Å². The van der Waals surface area contributed by atoms with Crippen molar-refractivity contribution in [3.8, 4) is 0 Å². The summed E-state index contributed by atoms with van der Waals surface area (Å²) in [5, 5.41) is 7.30. The van der Waals surface area contributed by atoms with Crippen LogP contribution in [0.3, 0.4) is 0 Å². The van der Waals surface area contributed by atoms with Crippen LogP contribution in [0.1, 0.15) is 28.2 Å². The van der Waals surface area contributed by atoms with E-state index in [4.69, 9.17) is 11.1 Å². The lowest BCUT2D eigenvalue weighted by Gasteiger charge is -2.08. The summed E-state index contributed by atoms with van der Waals surface area (Å²) in [7, 11) is 0. The second-order valence-electron chi connectivity index (χ2n) is 3.18. The Kier molecular flexibility index (Phi) is 1.89. The molecule has 1 aliphatic carbocycles. The van der Waals surface area contributed by atoms with Crippen LogP contribution in [-0.4, -0.2) is 5.84 Å². The quantitative estimate of drug-likeness (QED) is 0.503. The fourth-order valence-electron chi connectivity index (χ4n) is 1.62. The average molecular weight is 180 g/mol. The molecule has 3 N–H and O–H groups in total. The highest BCUT2D eigenvalue weighted by atomic mass is 32.1. The number of hydrogen-bond acceptors (Lipinski definition) is 2. The van der Waals surface area contributed by atoms with Crippen LogP contribution in [0.4, 0.5) is 0 Å². The van der Waals surface area contributed by atoms with Crippen LogP contribution in [0, 0.1) is 5.41 Å². The highest BCUT2D eigenvalue weighted by Crippen LogP contribution is 2.29. The van der Waals surface area contributed by atoms with Gasteiger partial charge >= 0.3 is 0 Å². The van der Waals surface area contributed by atoms with Gasteiger partial charge in [-0.25, -0.2) is 0 Å². The molecule has 1 aromatic rings. The molecular formula is C9H12N2S. The molecule has 1 aliphatic rings. The maximum atomic E-state index is 7.30. The SMILES string of the molecule is N=C(N)c1cc2c(s1)CCCC2. The average Bonchev–Trinajstić information content (AvgIpc) is 2.46. The molecule has 0 atom stereocenters. The molecule has 0 unspecified atom stereocenters. The molecule has 0 amide bonds. The van der Waals surface area contributed by atoms with E-state index in [-0.39, 0.29) is 5.84 Å². The Balaban J connectivity index is 2.38. The van der Waals surface area contributed by atoms with Crippen LogP contribution in [0.2, 0.25) is 0 Å². The molecular weight excluding hydrogens is 168 g/mol. The van der Waals surface area contributed by atoms with Crippen molar-refractivity contribution in [3.63, 3.8) is 0 Å². The van der Waals surface area contributed by atoms with Crippen LogP contribution in [-0.2, 0) is 12.8 Å². The Hall–Kier alpha value is -0.830. The van der Waals surface area contributed by atoms with E-state index in [9.17, 15) is 0 Å². The first-order valence-electron chi connectivity index (χ1n) is 4.23. The van der Waals surface area contributed by atoms with Crippen molar-refractivity contribution in [3.05, 3.63) is 21.4 Å². The molecule has 3 heteroatoms. The van der Waals surface area contributed by atoms with Crippen LogP contribution >= 0.6 is 11.3 Å². The summed E-state index contributed by atoms with van der Waals surface area (Å²) in [6, 6.07) is 2.08. The monoisotopic (exact) mass is 180 g/mol. The first-order chi connectivity index (χ1) is 5.77. The number of aryl methyl sites for hydroxylation is 2. The van der Waals surface area contributed by atoms with Gasteiger partial charge in [0.05, 0.1) is 4.88 Å². The summed E-state index contributed by atoms with van der Waals surface area (Å²) in [6.07, 6.45) is 4.96. The fraction of sp³-hybridized carbons (Fsp3) is 0.444. The van der Waals surface area contributed by atoms with Gasteiger partial charge in [-0.2, -0.15) is 0 Å². The zero-order valence-electron chi connectivity index (χ0n) is 6.89. The van der Waals surface area contributed by atoms with E-state index in [0.29, 0.717) is 0 Å². The third-order valence-corrected chi connectivity index (χ3v) is 3.53. The lowest BCUT2D eigenvalue weighted by molar-refractivity contribution is 0.697. The van der Waals surface area contributed by atoms with Crippen LogP contribution in [0.25, 0.3) is 0 Å². The molecule has 2 rings (SSSR count). The summed E-state index contributed by atoms with van der Waals surface area (Å²) in [5.74, 6) is 0.217. The molecule has 12 heavy (non-hydrogen) atoms. The van der Waals surface area contributed by atoms with E-state index in [1.807, 2.05) is 0 Å². The predicted octanol–water partition coefficient (Wildman–Crippen LogP) is 1.91. The molecule has 0 saturated heterocycles. The molecule has 0 aromatic carbocycles. The van der Waals surface area contributed by atoms with Gasteiger partial charge in [0.2, 0.25) is 0 Å². The minimum absolute atomic E-state index is 0.217. The highest BCUT2D eigenvalue weighted by molar-refractivity contribution is 7.14. The van der Waals surface area contributed by atoms with Gasteiger partial charge in [-0.05, 0) is 37.3 Å². The maximum Gasteiger partial charge on any atom is 0.133 e. The van der Waals surface area contributed by atoms with Gasteiger partial charge in [0.25, 0.3) is 0 Å². The molecule has 0 fully saturated rings. The summed E-state index contributed by atoms with van der Waals surface area (Å²) >= 11 is 1.69. The van der Waals surface area contributed by atoms with Gasteiger partial charge in [-0.1, -0.05) is 0 Å². The molecule has 1 heterocycles. The number of amidine groups is 1. The Morgan fingerprint density at radius 3 is 2.83 bits per heavy atom. The number of nitrogens with one attached hydrogen (secondary N) is 1. The zero-order valence-corrected chi connectivity index (χ0v) is 7.71. The first-order valence-corrected chi connectivity index (χ1v) is 5.05. The second kappa shape index (κ2) is 2.90. The van der Waals surface area contributed by atoms with Gasteiger partial charge in [0, 0.05) is 4.88 Å². The number of hydrogen-bond donors (Lipinski definition) is 2. The molecule has 0 spiro atoms. The van der Waals surface area contributed by atoms with Crippen molar-refractivity contribution in [2.24, 2.45) is 5.73 Å². The normalized spacial score (nSPS) is 15.7. The summed E-state index contributed by atoms with van der Waals surface area (Å²) in [6.45, 7) is 0. The Morgan fingerprint density at radius 2 is 2.17 bits per heavy atom. The maximum absolute atomic E-state index is 7.30. The smallest absolute Gasteiger partial charge is 0.133 e. The van der Waals surface area contributed by atoms with Gasteiger partial charge in [0.1, 0.15) is 5.84 Å². The highest BCUT2D eigenvalue weighted by Gasteiger charge is 2.13. The Bertz CT molecular complexity index is 291. The summed E-state index contributed by atoms with van der Waals surface area (Å²) in [4.78, 5) is 2.40. The van der Waals surface area contributed by atoms with E-state index in [0.717, 1.165) is 4.88 Å². The fourth-order valence-corrected chi connectivity index (χ4v) is 2.74. The predicted molar refractivity (Wildman–Crippen MR) is 52.0 cm³/mol. The molecule has 1 aromatic heterocycles. The molecule has 0 saturated carbocycles. The largest absolute Gasteiger partial charge is 0.383 e.